The molecule has 0 saturated heterocycles. The van der Waals surface area contributed by atoms with Gasteiger partial charge in [0.15, 0.2) is 5.78 Å². The minimum atomic E-state index is -0.430. The van der Waals surface area contributed by atoms with E-state index in [0.717, 1.165) is 29.1 Å². The molecule has 0 saturated carbocycles. The van der Waals surface area contributed by atoms with E-state index in [0.29, 0.717) is 17.6 Å². The predicted octanol–water partition coefficient (Wildman–Crippen LogP) is 2.51. The second kappa shape index (κ2) is 5.86. The monoisotopic (exact) mass is 343 g/mol. The van der Waals surface area contributed by atoms with Gasteiger partial charge in [0.1, 0.15) is 0 Å². The first-order valence-electron chi connectivity index (χ1n) is 8.47. The molecule has 1 N–H and O–H groups in total. The first-order chi connectivity index (χ1) is 11.6. The second-order valence-corrected chi connectivity index (χ2v) is 7.76. The Kier molecular flexibility index (Phi) is 4.09. The van der Waals surface area contributed by atoms with Gasteiger partial charge in [0, 0.05) is 42.2 Å². The van der Waals surface area contributed by atoms with Crippen LogP contribution in [0.3, 0.4) is 0 Å². The molecule has 1 aliphatic carbocycles. The fourth-order valence-corrected chi connectivity index (χ4v) is 4.03. The third kappa shape index (κ3) is 2.90. The summed E-state index contributed by atoms with van der Waals surface area (Å²) in [4.78, 5) is 25.5. The number of hydrogen-bond donors (Lipinski definition) is 1. The molecule has 6 heteroatoms. The van der Waals surface area contributed by atoms with Crippen molar-refractivity contribution in [2.45, 2.75) is 46.5 Å². The molecule has 0 spiro atoms. The maximum absolute atomic E-state index is 13.0. The third-order valence-electron chi connectivity index (χ3n) is 5.01. The van der Waals surface area contributed by atoms with Crippen LogP contribution in [0.4, 0.5) is 0 Å². The van der Waals surface area contributed by atoms with Crippen LogP contribution in [0.25, 0.3) is 0 Å². The zero-order chi connectivity index (χ0) is 18.5. The number of esters is 1. The van der Waals surface area contributed by atoms with Crippen LogP contribution < -0.4 is 5.32 Å². The van der Waals surface area contributed by atoms with E-state index in [1.165, 1.54) is 7.11 Å². The highest BCUT2D eigenvalue weighted by atomic mass is 16.5. The molecule has 1 aliphatic heterocycles. The van der Waals surface area contributed by atoms with Gasteiger partial charge in [0.25, 0.3) is 0 Å². The maximum atomic E-state index is 13.0. The molecular formula is C19H25N3O3. The highest BCUT2D eigenvalue weighted by Crippen LogP contribution is 2.47. The van der Waals surface area contributed by atoms with Crippen molar-refractivity contribution in [1.29, 1.82) is 0 Å². The van der Waals surface area contributed by atoms with Crippen LogP contribution in [-0.4, -0.2) is 28.6 Å². The average Bonchev–Trinajstić information content (AvgIpc) is 2.82. The molecule has 2 heterocycles. The lowest BCUT2D eigenvalue weighted by atomic mass is 9.68. The number of aromatic nitrogens is 2. The van der Waals surface area contributed by atoms with Crippen molar-refractivity contribution in [3.05, 3.63) is 40.0 Å². The summed E-state index contributed by atoms with van der Waals surface area (Å²) in [6, 6.07) is 0. The summed E-state index contributed by atoms with van der Waals surface area (Å²) in [6.45, 7) is 7.95. The van der Waals surface area contributed by atoms with Crippen LogP contribution in [0.1, 0.15) is 50.8 Å². The van der Waals surface area contributed by atoms with Gasteiger partial charge < -0.3 is 10.1 Å². The minimum absolute atomic E-state index is 0.0842. The van der Waals surface area contributed by atoms with Crippen molar-refractivity contribution in [3.8, 4) is 0 Å². The Morgan fingerprint density at radius 1 is 1.36 bits per heavy atom. The largest absolute Gasteiger partial charge is 0.466 e. The van der Waals surface area contributed by atoms with Gasteiger partial charge in [-0.1, -0.05) is 13.8 Å². The van der Waals surface area contributed by atoms with E-state index in [1.807, 2.05) is 27.1 Å². The number of methoxy groups -OCH3 is 1. The highest BCUT2D eigenvalue weighted by Gasteiger charge is 2.43. The first kappa shape index (κ1) is 17.5. The summed E-state index contributed by atoms with van der Waals surface area (Å²) in [6.07, 6.45) is 3.13. The molecule has 0 radical (unpaired) electrons. The van der Waals surface area contributed by atoms with Crippen LogP contribution >= 0.6 is 0 Å². The minimum Gasteiger partial charge on any atom is -0.466 e. The molecule has 0 unspecified atom stereocenters. The Hall–Kier alpha value is -2.37. The molecule has 3 rings (SSSR count). The van der Waals surface area contributed by atoms with Gasteiger partial charge in [0.05, 0.1) is 24.3 Å². The van der Waals surface area contributed by atoms with E-state index in [1.54, 1.807) is 4.68 Å². The van der Waals surface area contributed by atoms with Crippen LogP contribution in [0, 0.1) is 12.3 Å². The summed E-state index contributed by atoms with van der Waals surface area (Å²) in [7, 11) is 3.21. The molecule has 134 valence electrons. The number of nitrogens with one attached hydrogen (secondary N) is 1. The number of nitrogens with zero attached hydrogens (tertiary/aromatic N) is 2. The van der Waals surface area contributed by atoms with Gasteiger partial charge in [-0.05, 0) is 25.7 Å². The van der Waals surface area contributed by atoms with Crippen LogP contribution in [0.5, 0.6) is 0 Å². The Morgan fingerprint density at radius 3 is 2.60 bits per heavy atom. The fourth-order valence-electron chi connectivity index (χ4n) is 4.03. The maximum Gasteiger partial charge on any atom is 0.336 e. The smallest absolute Gasteiger partial charge is 0.336 e. The average molecular weight is 343 g/mol. The second-order valence-electron chi connectivity index (χ2n) is 7.76. The number of Topliss-reactive ketones (excluding diaryl/α,β-unsaturated/α-hetero) is 1. The van der Waals surface area contributed by atoms with Crippen LogP contribution in [0.15, 0.2) is 28.7 Å². The molecule has 0 fully saturated rings. The SMILES string of the molecule is COC(=O)C1=C(C)NC2=C(C(=O)CC(C)(C)C2)[C@H]1c1cn(C)nc1C. The summed E-state index contributed by atoms with van der Waals surface area (Å²) in [5.41, 5.74) is 4.42. The molecule has 0 aromatic carbocycles. The van der Waals surface area contributed by atoms with E-state index >= 15 is 0 Å². The van der Waals surface area contributed by atoms with E-state index in [-0.39, 0.29) is 11.2 Å². The highest BCUT2D eigenvalue weighted by molar-refractivity contribution is 6.04. The van der Waals surface area contributed by atoms with Crippen molar-refractivity contribution in [1.82, 2.24) is 15.1 Å². The number of ketones is 1. The third-order valence-corrected chi connectivity index (χ3v) is 5.01. The molecule has 25 heavy (non-hydrogen) atoms. The van der Waals surface area contributed by atoms with Gasteiger partial charge in [-0.3, -0.25) is 9.48 Å². The molecule has 0 amide bonds. The molecule has 2 aliphatic rings. The van der Waals surface area contributed by atoms with Crippen molar-refractivity contribution in [2.75, 3.05) is 7.11 Å². The number of aryl methyl sites for hydroxylation is 2. The van der Waals surface area contributed by atoms with E-state index in [9.17, 15) is 9.59 Å². The van der Waals surface area contributed by atoms with Gasteiger partial charge in [0.2, 0.25) is 0 Å². The number of carbonyl (C=O) groups excluding carboxylic acids is 2. The van der Waals surface area contributed by atoms with Crippen LogP contribution in [-0.2, 0) is 21.4 Å². The van der Waals surface area contributed by atoms with E-state index in [4.69, 9.17) is 4.74 Å². The lowest BCUT2D eigenvalue weighted by molar-refractivity contribution is -0.136. The summed E-state index contributed by atoms with van der Waals surface area (Å²) in [5.74, 6) is -0.760. The molecule has 1 aromatic rings. The van der Waals surface area contributed by atoms with Crippen molar-refractivity contribution >= 4 is 11.8 Å². The predicted molar refractivity (Wildman–Crippen MR) is 93.6 cm³/mol. The van der Waals surface area contributed by atoms with E-state index in [2.05, 4.69) is 24.3 Å². The van der Waals surface area contributed by atoms with Crippen molar-refractivity contribution in [2.24, 2.45) is 12.5 Å². The standard InChI is InChI=1S/C19H25N3O3/c1-10-12(9-22(5)21-10)16-15(18(24)25-6)11(2)20-13-7-19(3,4)8-14(23)17(13)16/h9,16,20H,7-8H2,1-6H3/t16-/m0/s1. The van der Waals surface area contributed by atoms with Gasteiger partial charge >= 0.3 is 5.97 Å². The number of dihydropyridines is 1. The van der Waals surface area contributed by atoms with Gasteiger partial charge in [-0.2, -0.15) is 5.10 Å². The Bertz CT molecular complexity index is 827. The lowest BCUT2D eigenvalue weighted by Crippen LogP contribution is -2.38. The number of carbonyl (C=O) groups is 2. The topological polar surface area (TPSA) is 73.2 Å². The molecule has 1 atom stereocenters. The Labute approximate surface area is 147 Å². The lowest BCUT2D eigenvalue weighted by Gasteiger charge is -2.39. The zero-order valence-corrected chi connectivity index (χ0v) is 15.7. The van der Waals surface area contributed by atoms with Crippen molar-refractivity contribution in [3.63, 3.8) is 0 Å². The zero-order valence-electron chi connectivity index (χ0n) is 15.7. The van der Waals surface area contributed by atoms with Gasteiger partial charge in [-0.25, -0.2) is 4.79 Å². The van der Waals surface area contributed by atoms with Crippen LogP contribution in [0.2, 0.25) is 0 Å². The van der Waals surface area contributed by atoms with Gasteiger partial charge in [-0.15, -0.1) is 0 Å². The molecular weight excluding hydrogens is 318 g/mol. The number of rotatable bonds is 2. The first-order valence-corrected chi connectivity index (χ1v) is 8.47. The number of ether oxygens (including phenoxy) is 1. The fraction of sp³-hybridized carbons (Fsp3) is 0.526. The normalized spacial score (nSPS) is 22.6. The van der Waals surface area contributed by atoms with Crippen molar-refractivity contribution < 1.29 is 14.3 Å². The Morgan fingerprint density at radius 2 is 2.04 bits per heavy atom. The summed E-state index contributed by atoms with van der Waals surface area (Å²) in [5, 5.41) is 7.72. The summed E-state index contributed by atoms with van der Waals surface area (Å²) < 4.78 is 6.73. The number of allylic oxidation sites excluding steroid dienone is 3. The molecule has 0 bridgehead atoms. The number of hydrogen-bond acceptors (Lipinski definition) is 5. The quantitative estimate of drug-likeness (QED) is 0.835. The van der Waals surface area contributed by atoms with E-state index < -0.39 is 11.9 Å². The Balaban J connectivity index is 2.23. The summed E-state index contributed by atoms with van der Waals surface area (Å²) >= 11 is 0. The molecule has 1 aromatic heterocycles. The molecule has 6 nitrogen and oxygen atoms in total.